The molecule has 1 amide bonds. The minimum Gasteiger partial charge on any atom is -0.444 e. The van der Waals surface area contributed by atoms with Crippen molar-refractivity contribution in [1.82, 2.24) is 0 Å². The van der Waals surface area contributed by atoms with Crippen LogP contribution in [-0.4, -0.2) is 16.8 Å². The molecule has 0 fully saturated rings. The van der Waals surface area contributed by atoms with Crippen molar-refractivity contribution in [3.63, 3.8) is 0 Å². The van der Waals surface area contributed by atoms with Crippen molar-refractivity contribution >= 4 is 50.8 Å². The molecule has 30 heavy (non-hydrogen) atoms. The van der Waals surface area contributed by atoms with E-state index in [1.165, 1.54) is 24.3 Å². The Bertz CT molecular complexity index is 1110. The number of hydrogen-bond donors (Lipinski definition) is 1. The molecule has 0 aromatic heterocycles. The van der Waals surface area contributed by atoms with Gasteiger partial charge in [-0.15, -0.1) is 0 Å². The molecule has 0 aliphatic carbocycles. The van der Waals surface area contributed by atoms with E-state index in [2.05, 4.69) is 21.2 Å². The molecule has 3 rings (SSSR count). The Morgan fingerprint density at radius 3 is 2.33 bits per heavy atom. The Kier molecular flexibility index (Phi) is 6.81. The summed E-state index contributed by atoms with van der Waals surface area (Å²) in [7, 11) is 0. The van der Waals surface area contributed by atoms with Gasteiger partial charge < -0.3 is 10.1 Å². The summed E-state index contributed by atoms with van der Waals surface area (Å²) in [6.45, 7) is 0. The van der Waals surface area contributed by atoms with Crippen LogP contribution in [0.2, 0.25) is 5.02 Å². The molecule has 1 atom stereocenters. The van der Waals surface area contributed by atoms with E-state index in [9.17, 15) is 19.7 Å². The van der Waals surface area contributed by atoms with Crippen molar-refractivity contribution in [3.05, 3.63) is 104 Å². The van der Waals surface area contributed by atoms with E-state index in [0.29, 0.717) is 15.7 Å². The van der Waals surface area contributed by atoms with Crippen molar-refractivity contribution in [2.45, 2.75) is 6.10 Å². The molecular formula is C21H14BrClN2O5. The van der Waals surface area contributed by atoms with Crippen LogP contribution in [-0.2, 0) is 9.53 Å². The molecule has 0 saturated heterocycles. The van der Waals surface area contributed by atoms with Crippen LogP contribution in [0.4, 0.5) is 11.4 Å². The van der Waals surface area contributed by atoms with Gasteiger partial charge in [0.1, 0.15) is 0 Å². The SMILES string of the molecule is O=C(OC(C(=O)Nc1ccc([N+](=O)[O-])cc1Br)c1ccccc1)c1ccccc1Cl. The average molecular weight is 490 g/mol. The van der Waals surface area contributed by atoms with Crippen molar-refractivity contribution in [2.24, 2.45) is 0 Å². The Morgan fingerprint density at radius 1 is 1.03 bits per heavy atom. The van der Waals surface area contributed by atoms with Crippen molar-refractivity contribution < 1.29 is 19.2 Å². The molecule has 0 radical (unpaired) electrons. The van der Waals surface area contributed by atoms with Crippen molar-refractivity contribution in [2.75, 3.05) is 5.32 Å². The largest absolute Gasteiger partial charge is 0.444 e. The van der Waals surface area contributed by atoms with Gasteiger partial charge in [-0.2, -0.15) is 0 Å². The number of amides is 1. The lowest BCUT2D eigenvalue weighted by Gasteiger charge is -2.19. The predicted molar refractivity (Wildman–Crippen MR) is 115 cm³/mol. The van der Waals surface area contributed by atoms with Gasteiger partial charge in [-0.1, -0.05) is 54.1 Å². The number of nitrogens with one attached hydrogen (secondary N) is 1. The number of rotatable bonds is 6. The molecule has 0 saturated carbocycles. The second-order valence-corrected chi connectivity index (χ2v) is 7.35. The smallest absolute Gasteiger partial charge is 0.340 e. The lowest BCUT2D eigenvalue weighted by atomic mass is 10.1. The van der Waals surface area contributed by atoms with Gasteiger partial charge in [-0.05, 0) is 34.1 Å². The Balaban J connectivity index is 1.87. The highest BCUT2D eigenvalue weighted by atomic mass is 79.9. The third-order valence-corrected chi connectivity index (χ3v) is 5.07. The average Bonchev–Trinajstić information content (AvgIpc) is 2.74. The molecular weight excluding hydrogens is 476 g/mol. The number of nitrogens with zero attached hydrogens (tertiary/aromatic N) is 1. The molecule has 3 aromatic rings. The number of non-ortho nitro benzene ring substituents is 1. The van der Waals surface area contributed by atoms with Crippen LogP contribution in [0.5, 0.6) is 0 Å². The number of carbonyl (C=O) groups is 2. The van der Waals surface area contributed by atoms with Gasteiger partial charge in [0.05, 0.1) is 21.2 Å². The van der Waals surface area contributed by atoms with E-state index in [1.54, 1.807) is 48.5 Å². The molecule has 1 unspecified atom stereocenters. The topological polar surface area (TPSA) is 98.5 Å². The van der Waals surface area contributed by atoms with Crippen molar-refractivity contribution in [1.29, 1.82) is 0 Å². The quantitative estimate of drug-likeness (QED) is 0.278. The lowest BCUT2D eigenvalue weighted by molar-refractivity contribution is -0.384. The van der Waals surface area contributed by atoms with Crippen molar-refractivity contribution in [3.8, 4) is 0 Å². The van der Waals surface area contributed by atoms with E-state index in [1.807, 2.05) is 0 Å². The molecule has 0 bridgehead atoms. The Morgan fingerprint density at radius 2 is 1.70 bits per heavy atom. The summed E-state index contributed by atoms with van der Waals surface area (Å²) < 4.78 is 5.79. The fourth-order valence-corrected chi connectivity index (χ4v) is 3.29. The maximum Gasteiger partial charge on any atom is 0.340 e. The first-order valence-electron chi connectivity index (χ1n) is 8.62. The van der Waals surface area contributed by atoms with Crippen LogP contribution in [0.3, 0.4) is 0 Å². The van der Waals surface area contributed by atoms with Crippen LogP contribution in [0.15, 0.2) is 77.3 Å². The third-order valence-electron chi connectivity index (χ3n) is 4.08. The summed E-state index contributed by atoms with van der Waals surface area (Å²) in [6.07, 6.45) is -1.27. The fourth-order valence-electron chi connectivity index (χ4n) is 2.62. The summed E-state index contributed by atoms with van der Waals surface area (Å²) in [6, 6.07) is 18.7. The molecule has 0 aliphatic rings. The first-order chi connectivity index (χ1) is 14.4. The molecule has 7 nitrogen and oxygen atoms in total. The number of carbonyl (C=O) groups excluding carboxylic acids is 2. The summed E-state index contributed by atoms with van der Waals surface area (Å²) in [5.41, 5.74) is 0.739. The second-order valence-electron chi connectivity index (χ2n) is 6.09. The summed E-state index contributed by atoms with van der Waals surface area (Å²) >= 11 is 9.26. The summed E-state index contributed by atoms with van der Waals surface area (Å²) in [4.78, 5) is 35.9. The molecule has 1 N–H and O–H groups in total. The normalized spacial score (nSPS) is 11.4. The first-order valence-corrected chi connectivity index (χ1v) is 9.79. The van der Waals surface area contributed by atoms with Gasteiger partial charge in [0.15, 0.2) is 0 Å². The molecule has 152 valence electrons. The third kappa shape index (κ3) is 5.03. The number of esters is 1. The molecule has 0 spiro atoms. The maximum absolute atomic E-state index is 13.0. The van der Waals surface area contributed by atoms with Gasteiger partial charge in [0.25, 0.3) is 11.6 Å². The van der Waals surface area contributed by atoms with Gasteiger partial charge in [0.2, 0.25) is 6.10 Å². The predicted octanol–water partition coefficient (Wildman–Crippen LogP) is 5.55. The highest BCUT2D eigenvalue weighted by Crippen LogP contribution is 2.29. The zero-order chi connectivity index (χ0) is 21.7. The Hall–Kier alpha value is -3.23. The van der Waals surface area contributed by atoms with Crippen LogP contribution in [0.1, 0.15) is 22.0 Å². The molecule has 0 aliphatic heterocycles. The highest BCUT2D eigenvalue weighted by molar-refractivity contribution is 9.10. The van der Waals surface area contributed by atoms with Gasteiger partial charge in [-0.3, -0.25) is 14.9 Å². The van der Waals surface area contributed by atoms with Gasteiger partial charge in [0, 0.05) is 22.2 Å². The van der Waals surface area contributed by atoms with E-state index in [0.717, 1.165) is 0 Å². The maximum atomic E-state index is 13.0. The summed E-state index contributed by atoms with van der Waals surface area (Å²) in [5.74, 6) is -1.39. The van der Waals surface area contributed by atoms with Gasteiger partial charge >= 0.3 is 5.97 Å². The number of nitro groups is 1. The number of nitro benzene ring substituents is 1. The zero-order valence-corrected chi connectivity index (χ0v) is 17.6. The number of halogens is 2. The van der Waals surface area contributed by atoms with Gasteiger partial charge in [-0.25, -0.2) is 4.79 Å². The van der Waals surface area contributed by atoms with E-state index < -0.39 is 22.9 Å². The van der Waals surface area contributed by atoms with E-state index >= 15 is 0 Å². The number of ether oxygens (including phenoxy) is 1. The minimum absolute atomic E-state index is 0.129. The summed E-state index contributed by atoms with van der Waals surface area (Å²) in [5, 5.41) is 13.7. The van der Waals surface area contributed by atoms with Crippen LogP contribution >= 0.6 is 27.5 Å². The number of benzene rings is 3. The Labute approximate surface area is 184 Å². The highest BCUT2D eigenvalue weighted by Gasteiger charge is 2.27. The van der Waals surface area contributed by atoms with Crippen LogP contribution in [0, 0.1) is 10.1 Å². The van der Waals surface area contributed by atoms with Crippen LogP contribution in [0.25, 0.3) is 0 Å². The van der Waals surface area contributed by atoms with E-state index in [4.69, 9.17) is 16.3 Å². The number of anilines is 1. The second kappa shape index (κ2) is 9.51. The standard InChI is InChI=1S/C21H14BrClN2O5/c22-16-12-14(25(28)29)10-11-18(16)24-20(26)19(13-6-2-1-3-7-13)30-21(27)15-8-4-5-9-17(15)23/h1-12,19H,(H,24,26). The molecule has 3 aromatic carbocycles. The van der Waals surface area contributed by atoms with Crippen LogP contribution < -0.4 is 5.32 Å². The molecule has 0 heterocycles. The minimum atomic E-state index is -1.27. The molecule has 9 heteroatoms. The lowest BCUT2D eigenvalue weighted by Crippen LogP contribution is -2.26. The first kappa shape index (κ1) is 21.5. The number of hydrogen-bond acceptors (Lipinski definition) is 5. The fraction of sp³-hybridized carbons (Fsp3) is 0.0476. The zero-order valence-electron chi connectivity index (χ0n) is 15.2. The monoisotopic (exact) mass is 488 g/mol. The van der Waals surface area contributed by atoms with E-state index in [-0.39, 0.29) is 16.3 Å².